The van der Waals surface area contributed by atoms with E-state index in [-0.39, 0.29) is 0 Å². The van der Waals surface area contributed by atoms with Crippen molar-refractivity contribution in [2.24, 2.45) is 17.8 Å². The van der Waals surface area contributed by atoms with Crippen LogP contribution in [-0.4, -0.2) is 10.8 Å². The average molecular weight is 281 g/mol. The van der Waals surface area contributed by atoms with Crippen molar-refractivity contribution in [2.45, 2.75) is 63.2 Å². The Labute approximate surface area is 126 Å². The van der Waals surface area contributed by atoms with E-state index in [1.165, 1.54) is 44.2 Å². The quantitative estimate of drug-likeness (QED) is 0.776. The first-order valence-corrected chi connectivity index (χ1v) is 8.75. The van der Waals surface area contributed by atoms with Gasteiger partial charge in [0.1, 0.15) is 0 Å². The number of carbonyl (C=O) groups excluding carboxylic acids is 1. The number of carbonyl (C=O) groups is 1. The molecular formula is C19H23NO. The van der Waals surface area contributed by atoms with Gasteiger partial charge in [0.2, 0.25) is 0 Å². The van der Waals surface area contributed by atoms with Gasteiger partial charge in [-0.15, -0.1) is 0 Å². The third-order valence-corrected chi connectivity index (χ3v) is 6.67. The maximum Gasteiger partial charge on any atom is 0.164 e. The third-order valence-electron chi connectivity index (χ3n) is 6.67. The zero-order valence-electron chi connectivity index (χ0n) is 12.6. The molecule has 1 aromatic rings. The van der Waals surface area contributed by atoms with Crippen molar-refractivity contribution in [2.75, 3.05) is 0 Å². The lowest BCUT2D eigenvalue weighted by atomic mass is 9.48. The fraction of sp³-hybridized carbons (Fsp3) is 0.684. The highest BCUT2D eigenvalue weighted by molar-refractivity contribution is 5.97. The smallest absolute Gasteiger partial charge is 0.164 e. The fourth-order valence-corrected chi connectivity index (χ4v) is 6.22. The molecule has 1 aromatic heterocycles. The number of Topliss-reactive ketones (excluding diaryl/α,β-unsaturated/α-hetero) is 1. The van der Waals surface area contributed by atoms with Crippen molar-refractivity contribution in [3.8, 4) is 0 Å². The van der Waals surface area contributed by atoms with Gasteiger partial charge in [-0.1, -0.05) is 0 Å². The first kappa shape index (κ1) is 12.4. The molecule has 0 spiro atoms. The van der Waals surface area contributed by atoms with E-state index in [0.29, 0.717) is 17.6 Å². The van der Waals surface area contributed by atoms with Crippen molar-refractivity contribution in [1.29, 1.82) is 0 Å². The molecule has 110 valence electrons. The van der Waals surface area contributed by atoms with Crippen LogP contribution in [0.1, 0.15) is 73.1 Å². The molecule has 5 aliphatic rings. The standard InChI is InChI=1S/C19H23NO/c21-17-3-1-2-16-15(17)4-5-18(20-16)19-9-12-6-13(10-19)8-14(7-12)11-19/h4-5,12-14H,1-3,6-11H2. The molecule has 5 aliphatic carbocycles. The van der Waals surface area contributed by atoms with Crippen LogP contribution in [0.2, 0.25) is 0 Å². The lowest BCUT2D eigenvalue weighted by Gasteiger charge is -2.56. The van der Waals surface area contributed by atoms with E-state index in [0.717, 1.165) is 41.9 Å². The summed E-state index contributed by atoms with van der Waals surface area (Å²) in [5.74, 6) is 3.17. The summed E-state index contributed by atoms with van der Waals surface area (Å²) in [6.45, 7) is 0. The third kappa shape index (κ3) is 1.77. The Morgan fingerprint density at radius 2 is 1.62 bits per heavy atom. The maximum absolute atomic E-state index is 12.0. The maximum atomic E-state index is 12.0. The molecule has 0 radical (unpaired) electrons. The molecule has 4 bridgehead atoms. The van der Waals surface area contributed by atoms with Crippen LogP contribution in [-0.2, 0) is 11.8 Å². The molecule has 2 heteroatoms. The number of hydrogen-bond acceptors (Lipinski definition) is 2. The molecule has 2 nitrogen and oxygen atoms in total. The minimum atomic E-state index is 0.306. The zero-order chi connectivity index (χ0) is 14.0. The number of pyridine rings is 1. The van der Waals surface area contributed by atoms with Gasteiger partial charge in [-0.05, 0) is 81.3 Å². The summed E-state index contributed by atoms with van der Waals surface area (Å²) in [6, 6.07) is 4.30. The van der Waals surface area contributed by atoms with E-state index in [4.69, 9.17) is 4.98 Å². The highest BCUT2D eigenvalue weighted by Crippen LogP contribution is 2.60. The molecule has 4 fully saturated rings. The van der Waals surface area contributed by atoms with Gasteiger partial charge >= 0.3 is 0 Å². The fourth-order valence-electron chi connectivity index (χ4n) is 6.22. The van der Waals surface area contributed by atoms with E-state index < -0.39 is 0 Å². The summed E-state index contributed by atoms with van der Waals surface area (Å²) in [7, 11) is 0. The second-order valence-electron chi connectivity index (χ2n) is 8.17. The summed E-state index contributed by atoms with van der Waals surface area (Å²) >= 11 is 0. The molecule has 0 saturated heterocycles. The predicted molar refractivity (Wildman–Crippen MR) is 81.4 cm³/mol. The molecule has 6 rings (SSSR count). The van der Waals surface area contributed by atoms with E-state index in [2.05, 4.69) is 12.1 Å². The molecule has 1 heterocycles. The minimum absolute atomic E-state index is 0.306. The van der Waals surface area contributed by atoms with Crippen LogP contribution >= 0.6 is 0 Å². The van der Waals surface area contributed by atoms with E-state index >= 15 is 0 Å². The lowest BCUT2D eigenvalue weighted by Crippen LogP contribution is -2.49. The number of aryl methyl sites for hydroxylation is 1. The molecular weight excluding hydrogens is 258 g/mol. The number of nitrogens with zero attached hydrogens (tertiary/aromatic N) is 1. The normalized spacial score (nSPS) is 40.4. The molecule has 21 heavy (non-hydrogen) atoms. The van der Waals surface area contributed by atoms with Gasteiger partial charge in [-0.3, -0.25) is 9.78 Å². The molecule has 0 amide bonds. The zero-order valence-corrected chi connectivity index (χ0v) is 12.6. The van der Waals surface area contributed by atoms with Gasteiger partial charge in [0, 0.05) is 23.1 Å². The monoisotopic (exact) mass is 281 g/mol. The summed E-state index contributed by atoms with van der Waals surface area (Å²) in [4.78, 5) is 17.0. The van der Waals surface area contributed by atoms with Gasteiger partial charge in [0.05, 0.1) is 5.69 Å². The van der Waals surface area contributed by atoms with Gasteiger partial charge in [0.25, 0.3) is 0 Å². The Morgan fingerprint density at radius 1 is 0.952 bits per heavy atom. The van der Waals surface area contributed by atoms with Crippen LogP contribution in [0.25, 0.3) is 0 Å². The number of hydrogen-bond donors (Lipinski definition) is 0. The summed E-state index contributed by atoms with van der Waals surface area (Å²) < 4.78 is 0. The molecule has 0 atom stereocenters. The predicted octanol–water partition coefficient (Wildman–Crippen LogP) is 4.07. The molecule has 0 aromatic carbocycles. The second kappa shape index (κ2) is 4.18. The van der Waals surface area contributed by atoms with E-state index in [9.17, 15) is 4.79 Å². The van der Waals surface area contributed by atoms with Crippen molar-refractivity contribution in [3.05, 3.63) is 29.1 Å². The van der Waals surface area contributed by atoms with Crippen LogP contribution < -0.4 is 0 Å². The first-order valence-electron chi connectivity index (χ1n) is 8.75. The van der Waals surface area contributed by atoms with Crippen molar-refractivity contribution < 1.29 is 4.79 Å². The van der Waals surface area contributed by atoms with Crippen LogP contribution in [0.15, 0.2) is 12.1 Å². The number of aromatic nitrogens is 1. The number of rotatable bonds is 1. The van der Waals surface area contributed by atoms with Crippen LogP contribution in [0.5, 0.6) is 0 Å². The van der Waals surface area contributed by atoms with Gasteiger partial charge in [-0.2, -0.15) is 0 Å². The van der Waals surface area contributed by atoms with Crippen LogP contribution in [0.3, 0.4) is 0 Å². The SMILES string of the molecule is O=C1CCCc2nc(C34CC5CC(CC(C5)C3)C4)ccc21. The Morgan fingerprint density at radius 3 is 2.29 bits per heavy atom. The van der Waals surface area contributed by atoms with Crippen molar-refractivity contribution in [1.82, 2.24) is 4.98 Å². The Bertz CT molecular complexity index is 583. The Kier molecular flexibility index (Phi) is 2.46. The van der Waals surface area contributed by atoms with Crippen molar-refractivity contribution >= 4 is 5.78 Å². The second-order valence-corrected chi connectivity index (χ2v) is 8.17. The first-order chi connectivity index (χ1) is 10.2. The number of fused-ring (bicyclic) bond motifs is 1. The van der Waals surface area contributed by atoms with Crippen molar-refractivity contribution in [3.63, 3.8) is 0 Å². The molecule has 0 unspecified atom stereocenters. The average Bonchev–Trinajstić information content (AvgIpc) is 2.46. The molecule has 0 N–H and O–H groups in total. The Hall–Kier alpha value is -1.18. The summed E-state index contributed by atoms with van der Waals surface area (Å²) in [6.07, 6.45) is 11.2. The highest BCUT2D eigenvalue weighted by Gasteiger charge is 2.52. The van der Waals surface area contributed by atoms with Gasteiger partial charge in [-0.25, -0.2) is 0 Å². The van der Waals surface area contributed by atoms with Crippen LogP contribution in [0.4, 0.5) is 0 Å². The largest absolute Gasteiger partial charge is 0.294 e. The van der Waals surface area contributed by atoms with E-state index in [1.54, 1.807) is 0 Å². The number of ketones is 1. The van der Waals surface area contributed by atoms with Gasteiger partial charge < -0.3 is 0 Å². The highest BCUT2D eigenvalue weighted by atomic mass is 16.1. The van der Waals surface area contributed by atoms with Crippen LogP contribution in [0, 0.1) is 17.8 Å². The molecule has 4 saturated carbocycles. The molecule has 0 aliphatic heterocycles. The minimum Gasteiger partial charge on any atom is -0.294 e. The summed E-state index contributed by atoms with van der Waals surface area (Å²) in [5.41, 5.74) is 3.70. The van der Waals surface area contributed by atoms with E-state index in [1.807, 2.05) is 0 Å². The van der Waals surface area contributed by atoms with Gasteiger partial charge in [0.15, 0.2) is 5.78 Å². The summed E-state index contributed by atoms with van der Waals surface area (Å²) in [5, 5.41) is 0. The lowest BCUT2D eigenvalue weighted by molar-refractivity contribution is -0.00731. The topological polar surface area (TPSA) is 30.0 Å². The Balaban J connectivity index is 1.57.